The lowest BCUT2D eigenvalue weighted by Gasteiger charge is -2.13. The maximum absolute atomic E-state index is 12.5. The minimum atomic E-state index is -0.164. The number of rotatable bonds is 8. The Hall–Kier alpha value is -3.06. The Bertz CT molecular complexity index is 897. The van der Waals surface area contributed by atoms with Gasteiger partial charge >= 0.3 is 0 Å². The van der Waals surface area contributed by atoms with Crippen LogP contribution in [-0.2, 0) is 17.8 Å². The van der Waals surface area contributed by atoms with Crippen molar-refractivity contribution in [3.8, 4) is 17.2 Å². The number of anilines is 1. The lowest BCUT2D eigenvalue weighted by atomic mass is 10.1. The number of nitrogens with zero attached hydrogens (tertiary/aromatic N) is 1. The van der Waals surface area contributed by atoms with Crippen molar-refractivity contribution in [3.63, 3.8) is 0 Å². The zero-order valence-electron chi connectivity index (χ0n) is 15.1. The van der Waals surface area contributed by atoms with E-state index in [1.54, 1.807) is 37.9 Å². The van der Waals surface area contributed by atoms with Gasteiger partial charge in [-0.05, 0) is 18.2 Å². The Morgan fingerprint density at radius 3 is 2.70 bits per heavy atom. The number of para-hydroxylation sites is 2. The van der Waals surface area contributed by atoms with Gasteiger partial charge in [0.2, 0.25) is 5.91 Å². The molecule has 0 unspecified atom stereocenters. The molecule has 0 bridgehead atoms. The number of hydrogen-bond acceptors (Lipinski definition) is 6. The second-order valence-electron chi connectivity index (χ2n) is 5.67. The molecule has 1 amide bonds. The number of benzene rings is 2. The van der Waals surface area contributed by atoms with E-state index < -0.39 is 0 Å². The first kappa shape index (κ1) is 18.7. The lowest BCUT2D eigenvalue weighted by molar-refractivity contribution is -0.115. The van der Waals surface area contributed by atoms with Gasteiger partial charge in [0.1, 0.15) is 23.9 Å². The Labute approximate surface area is 161 Å². The fourth-order valence-corrected chi connectivity index (χ4v) is 3.06. The standard InChI is InChI=1S/C20H20N2O4S/c1-24-16-8-7-14(19(10-16)25-2)9-20(23)22-17-5-3-4-6-18(17)26-11-15-12-27-13-21-15/h3-8,10,12-13H,9,11H2,1-2H3,(H,22,23). The second-order valence-corrected chi connectivity index (χ2v) is 6.39. The maximum Gasteiger partial charge on any atom is 0.229 e. The van der Waals surface area contributed by atoms with Crippen molar-refractivity contribution in [1.29, 1.82) is 0 Å². The fraction of sp³-hybridized carbons (Fsp3) is 0.200. The Morgan fingerprint density at radius 1 is 1.11 bits per heavy atom. The van der Waals surface area contributed by atoms with Crippen LogP contribution in [0.2, 0.25) is 0 Å². The molecule has 0 saturated carbocycles. The van der Waals surface area contributed by atoms with E-state index >= 15 is 0 Å². The number of hydrogen-bond donors (Lipinski definition) is 1. The summed E-state index contributed by atoms with van der Waals surface area (Å²) < 4.78 is 16.3. The molecule has 0 saturated heterocycles. The largest absolute Gasteiger partial charge is 0.497 e. The van der Waals surface area contributed by atoms with Crippen LogP contribution in [0.1, 0.15) is 11.3 Å². The molecule has 1 heterocycles. The van der Waals surface area contributed by atoms with Crippen LogP contribution in [0.5, 0.6) is 17.2 Å². The molecule has 0 aliphatic rings. The Balaban J connectivity index is 1.67. The van der Waals surface area contributed by atoms with Crippen molar-refractivity contribution >= 4 is 22.9 Å². The van der Waals surface area contributed by atoms with Crippen LogP contribution in [0.3, 0.4) is 0 Å². The van der Waals surface area contributed by atoms with E-state index in [0.29, 0.717) is 29.5 Å². The number of carbonyl (C=O) groups is 1. The average molecular weight is 384 g/mol. The van der Waals surface area contributed by atoms with Gasteiger partial charge in [0.25, 0.3) is 0 Å². The van der Waals surface area contributed by atoms with Crippen molar-refractivity contribution in [2.75, 3.05) is 19.5 Å². The van der Waals surface area contributed by atoms with Gasteiger partial charge in [0.05, 0.1) is 37.5 Å². The van der Waals surface area contributed by atoms with Gasteiger partial charge in [-0.3, -0.25) is 4.79 Å². The van der Waals surface area contributed by atoms with E-state index in [1.807, 2.05) is 29.6 Å². The molecule has 0 radical (unpaired) electrons. The summed E-state index contributed by atoms with van der Waals surface area (Å²) in [7, 11) is 3.15. The molecule has 3 aromatic rings. The highest BCUT2D eigenvalue weighted by Crippen LogP contribution is 2.27. The fourth-order valence-electron chi connectivity index (χ4n) is 2.52. The normalized spacial score (nSPS) is 10.3. The number of methoxy groups -OCH3 is 2. The summed E-state index contributed by atoms with van der Waals surface area (Å²) in [6.45, 7) is 0.350. The smallest absolute Gasteiger partial charge is 0.229 e. The van der Waals surface area contributed by atoms with Crippen LogP contribution < -0.4 is 19.5 Å². The van der Waals surface area contributed by atoms with Crippen LogP contribution in [0.25, 0.3) is 0 Å². The third-order valence-electron chi connectivity index (χ3n) is 3.87. The molecule has 0 fully saturated rings. The van der Waals surface area contributed by atoms with Gasteiger partial charge in [-0.2, -0.15) is 0 Å². The molecule has 7 heteroatoms. The highest BCUT2D eigenvalue weighted by atomic mass is 32.1. The van der Waals surface area contributed by atoms with E-state index in [9.17, 15) is 4.79 Å². The molecule has 0 aliphatic heterocycles. The molecule has 0 aliphatic carbocycles. The maximum atomic E-state index is 12.5. The first-order valence-electron chi connectivity index (χ1n) is 8.29. The first-order valence-corrected chi connectivity index (χ1v) is 9.23. The zero-order valence-corrected chi connectivity index (χ0v) is 15.9. The minimum absolute atomic E-state index is 0.164. The van der Waals surface area contributed by atoms with E-state index in [-0.39, 0.29) is 12.3 Å². The number of nitrogens with one attached hydrogen (secondary N) is 1. The highest BCUT2D eigenvalue weighted by Gasteiger charge is 2.12. The topological polar surface area (TPSA) is 69.7 Å². The predicted octanol–water partition coefficient (Wildman–Crippen LogP) is 3.92. The zero-order chi connectivity index (χ0) is 19.1. The second kappa shape index (κ2) is 9.05. The van der Waals surface area contributed by atoms with E-state index in [0.717, 1.165) is 11.3 Å². The monoisotopic (exact) mass is 384 g/mol. The van der Waals surface area contributed by atoms with Crippen LogP contribution in [0, 0.1) is 0 Å². The molecular weight excluding hydrogens is 364 g/mol. The summed E-state index contributed by atoms with van der Waals surface area (Å²) in [5, 5.41) is 4.83. The molecule has 6 nitrogen and oxygen atoms in total. The van der Waals surface area contributed by atoms with Gasteiger partial charge < -0.3 is 19.5 Å². The molecule has 27 heavy (non-hydrogen) atoms. The number of aromatic nitrogens is 1. The molecule has 3 rings (SSSR count). The van der Waals surface area contributed by atoms with Crippen LogP contribution in [0.4, 0.5) is 5.69 Å². The van der Waals surface area contributed by atoms with Crippen molar-refractivity contribution in [3.05, 3.63) is 64.6 Å². The van der Waals surface area contributed by atoms with Crippen LogP contribution in [-0.4, -0.2) is 25.1 Å². The van der Waals surface area contributed by atoms with Crippen molar-refractivity contribution in [2.45, 2.75) is 13.0 Å². The highest BCUT2D eigenvalue weighted by molar-refractivity contribution is 7.07. The number of ether oxygens (including phenoxy) is 3. The predicted molar refractivity (Wildman–Crippen MR) is 105 cm³/mol. The average Bonchev–Trinajstić information content (AvgIpc) is 3.21. The number of thiazole rings is 1. The van der Waals surface area contributed by atoms with Crippen molar-refractivity contribution < 1.29 is 19.0 Å². The molecule has 0 spiro atoms. The quantitative estimate of drug-likeness (QED) is 0.637. The summed E-state index contributed by atoms with van der Waals surface area (Å²) in [5.41, 5.74) is 4.00. The summed E-state index contributed by atoms with van der Waals surface area (Å²) in [4.78, 5) is 16.7. The Kier molecular flexibility index (Phi) is 6.27. The number of amides is 1. The summed E-state index contributed by atoms with van der Waals surface area (Å²) in [5.74, 6) is 1.72. The Morgan fingerprint density at radius 2 is 1.96 bits per heavy atom. The minimum Gasteiger partial charge on any atom is -0.497 e. The molecular formula is C20H20N2O4S. The van der Waals surface area contributed by atoms with Gasteiger partial charge in [-0.25, -0.2) is 4.98 Å². The summed E-state index contributed by atoms with van der Waals surface area (Å²) >= 11 is 1.52. The number of carbonyl (C=O) groups excluding carboxylic acids is 1. The summed E-state index contributed by atoms with van der Waals surface area (Å²) in [6.07, 6.45) is 0.174. The molecule has 1 N–H and O–H groups in total. The summed E-state index contributed by atoms with van der Waals surface area (Å²) in [6, 6.07) is 12.7. The van der Waals surface area contributed by atoms with Gasteiger partial charge in [-0.1, -0.05) is 18.2 Å². The van der Waals surface area contributed by atoms with Gasteiger partial charge in [0.15, 0.2) is 0 Å². The molecule has 140 valence electrons. The molecule has 2 aromatic carbocycles. The van der Waals surface area contributed by atoms with Crippen molar-refractivity contribution in [1.82, 2.24) is 4.98 Å². The third kappa shape index (κ3) is 4.98. The molecule has 0 atom stereocenters. The first-order chi connectivity index (χ1) is 13.2. The SMILES string of the molecule is COc1ccc(CC(=O)Nc2ccccc2OCc2cscn2)c(OC)c1. The van der Waals surface area contributed by atoms with E-state index in [4.69, 9.17) is 14.2 Å². The van der Waals surface area contributed by atoms with Gasteiger partial charge in [-0.15, -0.1) is 11.3 Å². The third-order valence-corrected chi connectivity index (χ3v) is 4.50. The van der Waals surface area contributed by atoms with E-state index in [2.05, 4.69) is 10.3 Å². The molecule has 1 aromatic heterocycles. The van der Waals surface area contributed by atoms with E-state index in [1.165, 1.54) is 11.3 Å². The van der Waals surface area contributed by atoms with Crippen LogP contribution >= 0.6 is 11.3 Å². The van der Waals surface area contributed by atoms with Crippen LogP contribution in [0.15, 0.2) is 53.4 Å². The lowest BCUT2D eigenvalue weighted by Crippen LogP contribution is -2.15. The van der Waals surface area contributed by atoms with Gasteiger partial charge in [0, 0.05) is 17.0 Å². The van der Waals surface area contributed by atoms with Crippen molar-refractivity contribution in [2.24, 2.45) is 0 Å².